The molecule has 0 bridgehead atoms. The molecule has 25 heavy (non-hydrogen) atoms. The number of aryl methyl sites for hydroxylation is 2. The minimum atomic E-state index is -10.7. The maximum absolute atomic E-state index is 10.7. The van der Waals surface area contributed by atoms with E-state index in [1.165, 1.54) is 27.7 Å². The van der Waals surface area contributed by atoms with Gasteiger partial charge in [0.15, 0.2) is 5.69 Å². The van der Waals surface area contributed by atoms with Gasteiger partial charge >= 0.3 is 33.0 Å². The number of aromatic nitrogens is 1. The Morgan fingerprint density at radius 1 is 0.760 bits per heavy atom. The van der Waals surface area contributed by atoms with Crippen LogP contribution in [0, 0.1) is 6.92 Å². The van der Waals surface area contributed by atoms with Crippen LogP contribution in [0.25, 0.3) is 22.0 Å². The van der Waals surface area contributed by atoms with Gasteiger partial charge in [0.05, 0.1) is 5.39 Å². The summed E-state index contributed by atoms with van der Waals surface area (Å²) < 4.78 is 61.4. The monoisotopic (exact) mass is 379 g/mol. The molecule has 0 atom stereocenters. The predicted octanol–water partition coefficient (Wildman–Crippen LogP) is 7.02. The number of pyridine rings is 1. The first-order valence-corrected chi connectivity index (χ1v) is 9.25. The summed E-state index contributed by atoms with van der Waals surface area (Å²) in [5.74, 6) is 0. The Morgan fingerprint density at radius 3 is 1.80 bits per heavy atom. The van der Waals surface area contributed by atoms with Crippen LogP contribution in [0.3, 0.4) is 0 Å². The van der Waals surface area contributed by atoms with Gasteiger partial charge in [-0.1, -0.05) is 42.5 Å². The molecule has 0 aliphatic rings. The zero-order valence-electron chi connectivity index (χ0n) is 13.4. The van der Waals surface area contributed by atoms with Crippen molar-refractivity contribution in [2.45, 2.75) is 6.92 Å². The number of benzene rings is 2. The molecule has 0 saturated carbocycles. The van der Waals surface area contributed by atoms with Crippen LogP contribution < -0.4 is 4.57 Å². The Labute approximate surface area is 140 Å². The summed E-state index contributed by atoms with van der Waals surface area (Å²) in [6.45, 7) is 2.15. The Kier molecular flexibility index (Phi) is 4.37. The average molecular weight is 379 g/mol. The second-order valence-corrected chi connectivity index (χ2v) is 7.52. The molecule has 0 N–H and O–H groups in total. The molecule has 1 heterocycles. The van der Waals surface area contributed by atoms with E-state index in [9.17, 15) is 25.2 Å². The van der Waals surface area contributed by atoms with Crippen LogP contribution in [0.1, 0.15) is 5.69 Å². The van der Waals surface area contributed by atoms with E-state index in [2.05, 4.69) is 79.2 Å². The van der Waals surface area contributed by atoms with Crippen LogP contribution >= 0.6 is 7.81 Å². The van der Waals surface area contributed by atoms with Crippen LogP contribution in [0.15, 0.2) is 60.7 Å². The molecule has 0 fully saturated rings. The molecule has 3 rings (SSSR count). The Morgan fingerprint density at radius 2 is 1.24 bits per heavy atom. The third kappa shape index (κ3) is 6.35. The molecule has 0 unspecified atom stereocenters. The van der Waals surface area contributed by atoms with Crippen molar-refractivity contribution in [2.75, 3.05) is 0 Å². The maximum atomic E-state index is 9.87. The number of hydrogen-bond acceptors (Lipinski definition) is 0. The summed E-state index contributed by atoms with van der Waals surface area (Å²) in [4.78, 5) is 0. The van der Waals surface area contributed by atoms with E-state index in [4.69, 9.17) is 0 Å². The quantitative estimate of drug-likeness (QED) is 0.243. The summed E-state index contributed by atoms with van der Waals surface area (Å²) in [6.07, 6.45) is 0. The van der Waals surface area contributed by atoms with Crippen molar-refractivity contribution in [1.82, 2.24) is 0 Å². The van der Waals surface area contributed by atoms with Gasteiger partial charge in [0, 0.05) is 24.6 Å². The predicted molar refractivity (Wildman–Crippen MR) is 88.9 cm³/mol. The number of fused-ring (bicyclic) bond motifs is 1. The second-order valence-electron chi connectivity index (χ2n) is 5.60. The van der Waals surface area contributed by atoms with Crippen molar-refractivity contribution in [3.63, 3.8) is 0 Å². The van der Waals surface area contributed by atoms with Crippen molar-refractivity contribution in [1.29, 1.82) is 0 Å². The molecule has 8 heteroatoms. The topological polar surface area (TPSA) is 3.88 Å². The van der Waals surface area contributed by atoms with E-state index in [0.29, 0.717) is 0 Å². The van der Waals surface area contributed by atoms with Crippen molar-refractivity contribution in [3.8, 4) is 11.1 Å². The van der Waals surface area contributed by atoms with Crippen molar-refractivity contribution < 1.29 is 29.7 Å². The van der Waals surface area contributed by atoms with Crippen LogP contribution in [0.2, 0.25) is 0 Å². The van der Waals surface area contributed by atoms with Gasteiger partial charge in [-0.15, -0.1) is 0 Å². The SMILES string of the molecule is Cc1cc(-c2ccccc2)c2ccccc2[n+]1C.F[P-](F)(F)(F)(F)F. The molecule has 0 saturated heterocycles. The van der Waals surface area contributed by atoms with E-state index in [-0.39, 0.29) is 0 Å². The molecular weight excluding hydrogens is 363 g/mol. The molecule has 1 aromatic heterocycles. The van der Waals surface area contributed by atoms with Gasteiger partial charge in [-0.3, -0.25) is 0 Å². The van der Waals surface area contributed by atoms with E-state index in [1.54, 1.807) is 0 Å². The summed E-state index contributed by atoms with van der Waals surface area (Å²) in [6, 6.07) is 21.4. The van der Waals surface area contributed by atoms with Gasteiger partial charge in [0.2, 0.25) is 5.52 Å². The molecule has 3 aromatic rings. The van der Waals surface area contributed by atoms with Crippen molar-refractivity contribution in [2.24, 2.45) is 7.05 Å². The van der Waals surface area contributed by atoms with Crippen LogP contribution in [0.4, 0.5) is 25.2 Å². The van der Waals surface area contributed by atoms with Crippen molar-refractivity contribution in [3.05, 3.63) is 66.4 Å². The van der Waals surface area contributed by atoms with Gasteiger partial charge in [-0.05, 0) is 11.6 Å². The Bertz CT molecular complexity index is 894. The minimum absolute atomic E-state index is 1.27. The zero-order chi connectivity index (χ0) is 18.9. The van der Waals surface area contributed by atoms with Gasteiger partial charge in [-0.2, -0.15) is 4.57 Å². The second kappa shape index (κ2) is 5.70. The van der Waals surface area contributed by atoms with Crippen LogP contribution in [-0.4, -0.2) is 0 Å². The van der Waals surface area contributed by atoms with Crippen molar-refractivity contribution >= 4 is 18.7 Å². The van der Waals surface area contributed by atoms with E-state index < -0.39 is 7.81 Å². The van der Waals surface area contributed by atoms with Gasteiger partial charge < -0.3 is 0 Å². The van der Waals surface area contributed by atoms with E-state index >= 15 is 0 Å². The van der Waals surface area contributed by atoms with Crippen LogP contribution in [0.5, 0.6) is 0 Å². The molecular formula is C17H16F6NP. The van der Waals surface area contributed by atoms with E-state index in [0.717, 1.165) is 0 Å². The summed E-state index contributed by atoms with van der Waals surface area (Å²) in [7, 11) is -8.54. The number of halogens is 6. The number of hydrogen-bond donors (Lipinski definition) is 0. The van der Waals surface area contributed by atoms with Crippen LogP contribution in [-0.2, 0) is 7.05 Å². The molecule has 136 valence electrons. The first-order chi connectivity index (χ1) is 11.2. The molecule has 0 aliphatic heterocycles. The number of rotatable bonds is 1. The van der Waals surface area contributed by atoms with E-state index in [1.807, 2.05) is 0 Å². The standard InChI is InChI=1S/C17H16N.F6P/c1-13-12-16(14-8-4-3-5-9-14)15-10-6-7-11-17(15)18(13)2;1-7(2,3,4,5)6/h3-12H,1-2H3;/q+1;-1. The average Bonchev–Trinajstić information content (AvgIpc) is 2.49. The summed E-state index contributed by atoms with van der Waals surface area (Å²) in [5.41, 5.74) is 5.13. The first kappa shape index (κ1) is 19.2. The number of nitrogens with zero attached hydrogens (tertiary/aromatic N) is 1. The Balaban J connectivity index is 0.000000277. The van der Waals surface area contributed by atoms with Gasteiger partial charge in [0.1, 0.15) is 7.05 Å². The molecule has 0 amide bonds. The Hall–Kier alpha value is -2.14. The fourth-order valence-corrected chi connectivity index (χ4v) is 2.42. The molecule has 2 aromatic carbocycles. The fraction of sp³-hybridized carbons (Fsp3) is 0.118. The third-order valence-corrected chi connectivity index (χ3v) is 3.52. The molecule has 0 spiro atoms. The summed E-state index contributed by atoms with van der Waals surface area (Å²) >= 11 is 0. The molecule has 0 radical (unpaired) electrons. The zero-order valence-corrected chi connectivity index (χ0v) is 14.3. The number of para-hydroxylation sites is 1. The first-order valence-electron chi connectivity index (χ1n) is 7.22. The molecule has 0 aliphatic carbocycles. The normalized spacial score (nSPS) is 14.2. The van der Waals surface area contributed by atoms with Gasteiger partial charge in [-0.25, -0.2) is 0 Å². The third-order valence-electron chi connectivity index (χ3n) is 3.52. The fourth-order valence-electron chi connectivity index (χ4n) is 2.42. The summed E-state index contributed by atoms with van der Waals surface area (Å²) in [5, 5.41) is 1.30. The van der Waals surface area contributed by atoms with Gasteiger partial charge in [0.25, 0.3) is 0 Å². The molecule has 1 nitrogen and oxygen atoms in total.